The Hall–Kier alpha value is -1.39. The van der Waals surface area contributed by atoms with Gasteiger partial charge in [-0.2, -0.15) is 0 Å². The summed E-state index contributed by atoms with van der Waals surface area (Å²) >= 11 is 0. The number of methoxy groups -OCH3 is 1. The van der Waals surface area contributed by atoms with Gasteiger partial charge in [-0.1, -0.05) is 17.7 Å². The van der Waals surface area contributed by atoms with Crippen molar-refractivity contribution in [3.8, 4) is 0 Å². The largest absolute Gasteiger partial charge is 0.469 e. The number of ether oxygens (including phenoxy) is 1. The number of aliphatic hydroxyl groups excluding tert-OH is 1. The highest BCUT2D eigenvalue weighted by Gasteiger charge is 2.32. The van der Waals surface area contributed by atoms with Crippen molar-refractivity contribution >= 4 is 5.97 Å². The first-order valence-electron chi connectivity index (χ1n) is 7.51. The van der Waals surface area contributed by atoms with E-state index in [2.05, 4.69) is 17.4 Å². The van der Waals surface area contributed by atoms with Gasteiger partial charge in [-0.3, -0.25) is 4.79 Å². The Labute approximate surface area is 126 Å². The van der Waals surface area contributed by atoms with Crippen LogP contribution in [-0.4, -0.2) is 30.3 Å². The van der Waals surface area contributed by atoms with Crippen LogP contribution in [0.2, 0.25) is 0 Å². The second-order valence-corrected chi connectivity index (χ2v) is 6.08. The van der Waals surface area contributed by atoms with Gasteiger partial charge in [0.05, 0.1) is 19.6 Å². The Morgan fingerprint density at radius 1 is 1.33 bits per heavy atom. The van der Waals surface area contributed by atoms with Crippen molar-refractivity contribution in [3.63, 3.8) is 0 Å². The quantitative estimate of drug-likeness (QED) is 0.790. The van der Waals surface area contributed by atoms with Gasteiger partial charge in [-0.15, -0.1) is 0 Å². The number of aryl methyl sites for hydroxylation is 3. The standard InChI is InChI=1S/C17H25NO3/c1-10-7-11(2)16(12(3)8-10)17(20)14(9-15(19)21-4)18-13-5-6-13/h7-8,13-14,17-18,20H,5-6,9H2,1-4H3. The SMILES string of the molecule is COC(=O)CC(NC1CC1)C(O)c1c(C)cc(C)cc1C. The van der Waals surface area contributed by atoms with E-state index in [4.69, 9.17) is 4.74 Å². The van der Waals surface area contributed by atoms with Crippen molar-refractivity contribution in [1.82, 2.24) is 5.32 Å². The van der Waals surface area contributed by atoms with E-state index in [-0.39, 0.29) is 18.4 Å². The molecule has 4 nitrogen and oxygen atoms in total. The van der Waals surface area contributed by atoms with Crippen LogP contribution in [0.1, 0.15) is 47.6 Å². The molecule has 0 aliphatic heterocycles. The zero-order valence-corrected chi connectivity index (χ0v) is 13.3. The molecule has 0 bridgehead atoms. The number of rotatable bonds is 6. The molecule has 21 heavy (non-hydrogen) atoms. The Balaban J connectivity index is 2.23. The average molecular weight is 291 g/mol. The van der Waals surface area contributed by atoms with E-state index in [9.17, 15) is 9.90 Å². The van der Waals surface area contributed by atoms with E-state index in [1.54, 1.807) is 0 Å². The molecule has 0 radical (unpaired) electrons. The Kier molecular flexibility index (Phi) is 5.01. The monoisotopic (exact) mass is 291 g/mol. The minimum Gasteiger partial charge on any atom is -0.469 e. The summed E-state index contributed by atoms with van der Waals surface area (Å²) < 4.78 is 4.76. The molecule has 2 atom stereocenters. The van der Waals surface area contributed by atoms with Gasteiger partial charge in [0.1, 0.15) is 0 Å². The lowest BCUT2D eigenvalue weighted by atomic mass is 9.90. The molecule has 1 saturated carbocycles. The van der Waals surface area contributed by atoms with E-state index in [0.717, 1.165) is 29.5 Å². The minimum absolute atomic E-state index is 0.181. The molecule has 2 rings (SSSR count). The maximum Gasteiger partial charge on any atom is 0.307 e. The smallest absolute Gasteiger partial charge is 0.307 e. The van der Waals surface area contributed by atoms with Crippen LogP contribution in [0.3, 0.4) is 0 Å². The number of aliphatic hydroxyl groups is 1. The van der Waals surface area contributed by atoms with E-state index in [1.807, 2.05) is 20.8 Å². The third kappa shape index (κ3) is 4.05. The first kappa shape index (κ1) is 16.0. The van der Waals surface area contributed by atoms with Crippen molar-refractivity contribution in [2.45, 2.75) is 58.2 Å². The molecular weight excluding hydrogens is 266 g/mol. The van der Waals surface area contributed by atoms with E-state index in [0.29, 0.717) is 6.04 Å². The molecule has 0 amide bonds. The Bertz CT molecular complexity index is 500. The second-order valence-electron chi connectivity index (χ2n) is 6.08. The molecule has 4 heteroatoms. The molecule has 0 saturated heterocycles. The number of benzene rings is 1. The molecule has 1 fully saturated rings. The Morgan fingerprint density at radius 2 is 1.90 bits per heavy atom. The van der Waals surface area contributed by atoms with Gasteiger partial charge in [0.15, 0.2) is 0 Å². The summed E-state index contributed by atoms with van der Waals surface area (Å²) in [5, 5.41) is 14.2. The fourth-order valence-electron chi connectivity index (χ4n) is 2.94. The first-order chi connectivity index (χ1) is 9.92. The highest BCUT2D eigenvalue weighted by atomic mass is 16.5. The molecule has 1 aromatic carbocycles. The van der Waals surface area contributed by atoms with Crippen LogP contribution >= 0.6 is 0 Å². The van der Waals surface area contributed by atoms with Gasteiger partial charge in [0.25, 0.3) is 0 Å². The third-order valence-corrected chi connectivity index (χ3v) is 4.06. The first-order valence-corrected chi connectivity index (χ1v) is 7.51. The summed E-state index contributed by atoms with van der Waals surface area (Å²) in [4.78, 5) is 11.6. The Morgan fingerprint density at radius 3 is 2.38 bits per heavy atom. The van der Waals surface area contributed by atoms with Gasteiger partial charge in [0.2, 0.25) is 0 Å². The summed E-state index contributed by atoms with van der Waals surface area (Å²) in [7, 11) is 1.38. The summed E-state index contributed by atoms with van der Waals surface area (Å²) in [6.45, 7) is 6.06. The van der Waals surface area contributed by atoms with E-state index in [1.165, 1.54) is 12.7 Å². The molecule has 1 aromatic rings. The maximum absolute atomic E-state index is 11.6. The summed E-state index contributed by atoms with van der Waals surface area (Å²) in [5.41, 5.74) is 4.23. The lowest BCUT2D eigenvalue weighted by Gasteiger charge is -2.26. The predicted octanol–water partition coefficient (Wildman–Crippen LogP) is 2.33. The molecule has 1 aliphatic carbocycles. The second kappa shape index (κ2) is 6.58. The van der Waals surface area contributed by atoms with Crippen LogP contribution in [0.4, 0.5) is 0 Å². The summed E-state index contributed by atoms with van der Waals surface area (Å²) in [6, 6.07) is 4.25. The van der Waals surface area contributed by atoms with Crippen LogP contribution < -0.4 is 5.32 Å². The molecule has 0 aromatic heterocycles. The summed E-state index contributed by atoms with van der Waals surface area (Å²) in [5.74, 6) is -0.297. The molecule has 0 spiro atoms. The van der Waals surface area contributed by atoms with Crippen LogP contribution in [0, 0.1) is 20.8 Å². The van der Waals surface area contributed by atoms with Gasteiger partial charge in [-0.25, -0.2) is 0 Å². The molecule has 1 aliphatic rings. The van der Waals surface area contributed by atoms with Crippen LogP contribution in [-0.2, 0) is 9.53 Å². The number of carbonyl (C=O) groups excluding carboxylic acids is 1. The van der Waals surface area contributed by atoms with Crippen molar-refractivity contribution in [2.75, 3.05) is 7.11 Å². The number of esters is 1. The average Bonchev–Trinajstić information content (AvgIpc) is 3.20. The van der Waals surface area contributed by atoms with Gasteiger partial charge in [-0.05, 0) is 50.3 Å². The van der Waals surface area contributed by atoms with Gasteiger partial charge < -0.3 is 15.2 Å². The molecule has 116 valence electrons. The lowest BCUT2D eigenvalue weighted by Crippen LogP contribution is -2.39. The maximum atomic E-state index is 11.6. The van der Waals surface area contributed by atoms with Crippen molar-refractivity contribution in [3.05, 3.63) is 34.4 Å². The topological polar surface area (TPSA) is 58.6 Å². The number of hydrogen-bond donors (Lipinski definition) is 2. The van der Waals surface area contributed by atoms with Gasteiger partial charge in [0, 0.05) is 12.1 Å². The fourth-order valence-corrected chi connectivity index (χ4v) is 2.94. The predicted molar refractivity (Wildman–Crippen MR) is 82.2 cm³/mol. The van der Waals surface area contributed by atoms with E-state index < -0.39 is 6.10 Å². The zero-order chi connectivity index (χ0) is 15.6. The number of nitrogens with one attached hydrogen (secondary N) is 1. The molecule has 0 heterocycles. The fraction of sp³-hybridized carbons (Fsp3) is 0.588. The number of carbonyl (C=O) groups is 1. The van der Waals surface area contributed by atoms with Crippen LogP contribution in [0.5, 0.6) is 0 Å². The normalized spacial score (nSPS) is 17.4. The van der Waals surface area contributed by atoms with Crippen LogP contribution in [0.25, 0.3) is 0 Å². The minimum atomic E-state index is -0.703. The lowest BCUT2D eigenvalue weighted by molar-refractivity contribution is -0.142. The molecule has 2 unspecified atom stereocenters. The highest BCUT2D eigenvalue weighted by Crippen LogP contribution is 2.30. The number of hydrogen-bond acceptors (Lipinski definition) is 4. The van der Waals surface area contributed by atoms with Gasteiger partial charge >= 0.3 is 5.97 Å². The van der Waals surface area contributed by atoms with Crippen molar-refractivity contribution in [1.29, 1.82) is 0 Å². The van der Waals surface area contributed by atoms with E-state index >= 15 is 0 Å². The van der Waals surface area contributed by atoms with Crippen LogP contribution in [0.15, 0.2) is 12.1 Å². The van der Waals surface area contributed by atoms with Crippen molar-refractivity contribution < 1.29 is 14.6 Å². The third-order valence-electron chi connectivity index (χ3n) is 4.06. The van der Waals surface area contributed by atoms with Crippen molar-refractivity contribution in [2.24, 2.45) is 0 Å². The zero-order valence-electron chi connectivity index (χ0n) is 13.3. The molecular formula is C17H25NO3. The highest BCUT2D eigenvalue weighted by molar-refractivity contribution is 5.70. The molecule has 2 N–H and O–H groups in total. The summed E-state index contributed by atoms with van der Waals surface area (Å²) in [6.07, 6.45) is 1.69.